The molecule has 1 aliphatic carbocycles. The van der Waals surface area contributed by atoms with Gasteiger partial charge in [0.2, 0.25) is 0 Å². The van der Waals surface area contributed by atoms with Crippen LogP contribution in [-0.4, -0.2) is 11.1 Å². The molecule has 2 aromatic rings. The summed E-state index contributed by atoms with van der Waals surface area (Å²) in [5.74, 6) is 1.12. The highest BCUT2D eigenvalue weighted by atomic mass is 16.5. The van der Waals surface area contributed by atoms with E-state index in [-0.39, 0.29) is 11.9 Å². The van der Waals surface area contributed by atoms with Gasteiger partial charge in [-0.3, -0.25) is 0 Å². The zero-order valence-corrected chi connectivity index (χ0v) is 16.6. The molecule has 1 N–H and O–H groups in total. The number of aliphatic hydroxyl groups excluding tert-OH is 1. The Morgan fingerprint density at radius 2 is 1.64 bits per heavy atom. The first-order valence-corrected chi connectivity index (χ1v) is 9.63. The van der Waals surface area contributed by atoms with Crippen LogP contribution in [0, 0.1) is 5.92 Å². The van der Waals surface area contributed by atoms with E-state index in [2.05, 4.69) is 20.8 Å². The molecule has 0 aromatic heterocycles. The Morgan fingerprint density at radius 1 is 0.964 bits per heavy atom. The number of esters is 1. The average Bonchev–Trinajstić information content (AvgIpc) is 2.70. The third kappa shape index (κ3) is 4.61. The lowest BCUT2D eigenvalue weighted by molar-refractivity contribution is 0.0734. The second kappa shape index (κ2) is 8.75. The fraction of sp³-hybridized carbons (Fsp3) is 0.240. The Hall–Kier alpha value is -3.07. The minimum atomic E-state index is -0.356. The minimum Gasteiger partial charge on any atom is -0.508 e. The van der Waals surface area contributed by atoms with Crippen molar-refractivity contribution in [2.24, 2.45) is 5.92 Å². The number of benzene rings is 2. The Bertz CT molecular complexity index is 916. The molecule has 2 aromatic carbocycles. The SMILES string of the molecule is CC(C)C(=C1C=CC(O)=CC1)C(C)c1ccc(OC(=O)c2ccccc2)cc1. The Labute approximate surface area is 166 Å². The van der Waals surface area contributed by atoms with E-state index in [1.165, 1.54) is 16.7 Å². The summed E-state index contributed by atoms with van der Waals surface area (Å²) < 4.78 is 5.47. The van der Waals surface area contributed by atoms with Crippen LogP contribution in [0.25, 0.3) is 0 Å². The molecular formula is C25H26O3. The molecule has 3 rings (SSSR count). The molecule has 0 radical (unpaired) electrons. The van der Waals surface area contributed by atoms with Gasteiger partial charge in [0.05, 0.1) is 5.56 Å². The van der Waals surface area contributed by atoms with E-state index in [0.29, 0.717) is 23.0 Å². The van der Waals surface area contributed by atoms with Crippen LogP contribution < -0.4 is 4.74 Å². The zero-order chi connectivity index (χ0) is 20.1. The van der Waals surface area contributed by atoms with Gasteiger partial charge in [-0.1, -0.05) is 62.8 Å². The second-order valence-electron chi connectivity index (χ2n) is 7.35. The van der Waals surface area contributed by atoms with Crippen molar-refractivity contribution in [1.82, 2.24) is 0 Å². The third-order valence-corrected chi connectivity index (χ3v) is 5.05. The standard InChI is InChI=1S/C25H26O3/c1-17(2)24(20-9-13-22(26)14-10-20)18(3)19-11-15-23(16-12-19)28-25(27)21-7-5-4-6-8-21/h4-9,11-18,26H,10H2,1-3H3. The maximum Gasteiger partial charge on any atom is 0.343 e. The summed E-state index contributed by atoms with van der Waals surface area (Å²) in [7, 11) is 0. The maximum atomic E-state index is 12.2. The van der Waals surface area contributed by atoms with Crippen molar-refractivity contribution in [3.63, 3.8) is 0 Å². The lowest BCUT2D eigenvalue weighted by Gasteiger charge is -2.24. The fourth-order valence-electron chi connectivity index (χ4n) is 3.64. The van der Waals surface area contributed by atoms with E-state index in [1.54, 1.807) is 18.2 Å². The summed E-state index contributed by atoms with van der Waals surface area (Å²) in [5, 5.41) is 9.60. The topological polar surface area (TPSA) is 46.5 Å². The highest BCUT2D eigenvalue weighted by Gasteiger charge is 2.19. The van der Waals surface area contributed by atoms with E-state index in [4.69, 9.17) is 4.74 Å². The maximum absolute atomic E-state index is 12.2. The van der Waals surface area contributed by atoms with E-state index in [0.717, 1.165) is 6.42 Å². The number of rotatable bonds is 5. The van der Waals surface area contributed by atoms with Crippen molar-refractivity contribution in [1.29, 1.82) is 0 Å². The number of aliphatic hydroxyl groups is 1. The summed E-state index contributed by atoms with van der Waals surface area (Å²) in [6, 6.07) is 16.7. The van der Waals surface area contributed by atoms with Crippen LogP contribution in [0.5, 0.6) is 5.75 Å². The summed E-state index contributed by atoms with van der Waals surface area (Å²) in [6.45, 7) is 6.58. The lowest BCUT2D eigenvalue weighted by Crippen LogP contribution is -2.10. The summed E-state index contributed by atoms with van der Waals surface area (Å²) in [5.41, 5.74) is 4.31. The smallest absolute Gasteiger partial charge is 0.343 e. The first-order valence-electron chi connectivity index (χ1n) is 9.63. The third-order valence-electron chi connectivity index (χ3n) is 5.05. The number of carbonyl (C=O) groups is 1. The van der Waals surface area contributed by atoms with Crippen molar-refractivity contribution < 1.29 is 14.6 Å². The van der Waals surface area contributed by atoms with Gasteiger partial charge in [0.25, 0.3) is 0 Å². The number of allylic oxidation sites excluding steroid dienone is 5. The van der Waals surface area contributed by atoms with Gasteiger partial charge in [-0.15, -0.1) is 0 Å². The molecule has 0 fully saturated rings. The molecule has 0 aliphatic heterocycles. The monoisotopic (exact) mass is 374 g/mol. The lowest BCUT2D eigenvalue weighted by atomic mass is 9.81. The van der Waals surface area contributed by atoms with Crippen molar-refractivity contribution in [3.8, 4) is 5.75 Å². The Kier molecular flexibility index (Phi) is 6.15. The second-order valence-corrected chi connectivity index (χ2v) is 7.35. The van der Waals surface area contributed by atoms with E-state index in [1.807, 2.05) is 54.6 Å². The molecule has 1 atom stereocenters. The van der Waals surface area contributed by atoms with Gasteiger partial charge in [0.1, 0.15) is 11.5 Å². The molecule has 0 saturated carbocycles. The molecule has 0 spiro atoms. The first kappa shape index (κ1) is 19.7. The van der Waals surface area contributed by atoms with Gasteiger partial charge in [-0.2, -0.15) is 0 Å². The summed E-state index contributed by atoms with van der Waals surface area (Å²) in [4.78, 5) is 12.2. The summed E-state index contributed by atoms with van der Waals surface area (Å²) >= 11 is 0. The van der Waals surface area contributed by atoms with Gasteiger partial charge < -0.3 is 9.84 Å². The minimum absolute atomic E-state index is 0.229. The highest BCUT2D eigenvalue weighted by molar-refractivity contribution is 5.90. The van der Waals surface area contributed by atoms with E-state index >= 15 is 0 Å². The fourth-order valence-corrected chi connectivity index (χ4v) is 3.64. The van der Waals surface area contributed by atoms with Crippen molar-refractivity contribution in [2.75, 3.05) is 0 Å². The van der Waals surface area contributed by atoms with Gasteiger partial charge in [-0.25, -0.2) is 4.79 Å². The molecule has 1 aliphatic rings. The van der Waals surface area contributed by atoms with Crippen LogP contribution in [-0.2, 0) is 0 Å². The molecule has 1 unspecified atom stereocenters. The predicted octanol–water partition coefficient (Wildman–Crippen LogP) is 6.36. The molecule has 28 heavy (non-hydrogen) atoms. The molecule has 0 heterocycles. The highest BCUT2D eigenvalue weighted by Crippen LogP contribution is 2.35. The van der Waals surface area contributed by atoms with Crippen LogP contribution in [0.3, 0.4) is 0 Å². The van der Waals surface area contributed by atoms with E-state index < -0.39 is 0 Å². The number of carbonyl (C=O) groups excluding carboxylic acids is 1. The van der Waals surface area contributed by atoms with Crippen LogP contribution in [0.4, 0.5) is 0 Å². The number of ether oxygens (including phenoxy) is 1. The van der Waals surface area contributed by atoms with Gasteiger partial charge in [0, 0.05) is 5.92 Å². The van der Waals surface area contributed by atoms with Gasteiger partial charge >= 0.3 is 5.97 Å². The average molecular weight is 374 g/mol. The quantitative estimate of drug-likeness (QED) is 0.489. The number of hydrogen-bond donors (Lipinski definition) is 1. The van der Waals surface area contributed by atoms with Crippen LogP contribution in [0.2, 0.25) is 0 Å². The summed E-state index contributed by atoms with van der Waals surface area (Å²) in [6.07, 6.45) is 6.35. The zero-order valence-electron chi connectivity index (χ0n) is 16.6. The molecule has 0 amide bonds. The largest absolute Gasteiger partial charge is 0.508 e. The first-order chi connectivity index (χ1) is 13.5. The number of hydrogen-bond acceptors (Lipinski definition) is 3. The normalized spacial score (nSPS) is 16.5. The molecule has 0 bridgehead atoms. The van der Waals surface area contributed by atoms with Crippen LogP contribution in [0.1, 0.15) is 49.0 Å². The molecule has 3 heteroatoms. The molecule has 3 nitrogen and oxygen atoms in total. The molecular weight excluding hydrogens is 348 g/mol. The van der Waals surface area contributed by atoms with Crippen molar-refractivity contribution >= 4 is 5.97 Å². The van der Waals surface area contributed by atoms with E-state index in [9.17, 15) is 9.90 Å². The van der Waals surface area contributed by atoms with Gasteiger partial charge in [0.15, 0.2) is 0 Å². The Morgan fingerprint density at radius 3 is 2.21 bits per heavy atom. The molecule has 144 valence electrons. The van der Waals surface area contributed by atoms with Crippen molar-refractivity contribution in [2.45, 2.75) is 33.1 Å². The molecule has 0 saturated heterocycles. The Balaban J connectivity index is 1.77. The van der Waals surface area contributed by atoms with Gasteiger partial charge in [-0.05, 0) is 59.9 Å². The van der Waals surface area contributed by atoms with Crippen LogP contribution in [0.15, 0.2) is 89.7 Å². The van der Waals surface area contributed by atoms with Crippen LogP contribution >= 0.6 is 0 Å². The predicted molar refractivity (Wildman–Crippen MR) is 113 cm³/mol. The van der Waals surface area contributed by atoms with Crippen molar-refractivity contribution in [3.05, 3.63) is 101 Å².